The van der Waals surface area contributed by atoms with Gasteiger partial charge in [-0.1, -0.05) is 50.3 Å². The second-order valence-corrected chi connectivity index (χ2v) is 15.5. The van der Waals surface area contributed by atoms with E-state index in [0.29, 0.717) is 43.2 Å². The number of phenolic OH excluding ortho intramolecular Hbond substituents is 1. The van der Waals surface area contributed by atoms with E-state index in [1.807, 2.05) is 13.0 Å². The minimum atomic E-state index is -5.47. The molecule has 1 aliphatic heterocycles. The molecule has 3 aliphatic carbocycles. The lowest BCUT2D eigenvalue weighted by molar-refractivity contribution is -0.284. The highest BCUT2D eigenvalue weighted by atomic mass is 35.5. The number of likely N-dealkylation sites (tertiary alicyclic amines) is 1. The third kappa shape index (κ3) is 6.88. The topological polar surface area (TPSA) is 43.7 Å². The first-order valence-corrected chi connectivity index (χ1v) is 17.5. The number of aromatic hydroxyl groups is 1. The predicted octanol–water partition coefficient (Wildman–Crippen LogP) is 10.00. The van der Waals surface area contributed by atoms with Crippen molar-refractivity contribution in [2.24, 2.45) is 23.2 Å². The molecule has 8 atom stereocenters. The molecule has 4 aliphatic rings. The molecule has 1 aromatic carbocycles. The molecular formula is C35H50ClF6NO2. The summed E-state index contributed by atoms with van der Waals surface area (Å²) in [5.41, 5.74) is 0.425. The van der Waals surface area contributed by atoms with Crippen LogP contribution in [0, 0.1) is 23.2 Å². The fourth-order valence-corrected chi connectivity index (χ4v) is 10.0. The standard InChI is InChI=1S/C35H50ClF6NO2/c1-32-21-27(37)30-24-13-14-28(44)31(36)25(24)20-22(29(30)26(32)15-17-33(32,2)45)10-5-4-8-18-43-19-9-12-23(43)11-6-3-7-16-34(38,39)35(40,41)42/h13-14,22-23,26-27,29-30,44-45H,3-12,15-21H2,1-2H3. The van der Waals surface area contributed by atoms with Crippen LogP contribution in [0.5, 0.6) is 5.75 Å². The summed E-state index contributed by atoms with van der Waals surface area (Å²) in [4.78, 5) is 2.45. The van der Waals surface area contributed by atoms with Crippen molar-refractivity contribution in [3.63, 3.8) is 0 Å². The molecule has 1 saturated heterocycles. The Bertz CT molecular complexity index is 1180. The normalized spacial score (nSPS) is 35.3. The molecular weight excluding hydrogens is 616 g/mol. The maximum absolute atomic E-state index is 16.2. The molecule has 2 N–H and O–H groups in total. The summed E-state index contributed by atoms with van der Waals surface area (Å²) in [6, 6.07) is 3.80. The molecule has 8 unspecified atom stereocenters. The van der Waals surface area contributed by atoms with Gasteiger partial charge in [-0.15, -0.1) is 0 Å². The molecule has 1 heterocycles. The van der Waals surface area contributed by atoms with Crippen molar-refractivity contribution in [3.05, 3.63) is 28.3 Å². The lowest BCUT2D eigenvalue weighted by Crippen LogP contribution is -2.55. The summed E-state index contributed by atoms with van der Waals surface area (Å²) in [6.45, 7) is 5.87. The van der Waals surface area contributed by atoms with Crippen LogP contribution in [0.4, 0.5) is 26.3 Å². The van der Waals surface area contributed by atoms with E-state index in [-0.39, 0.29) is 35.8 Å². The van der Waals surface area contributed by atoms with Crippen LogP contribution in [0.25, 0.3) is 0 Å². The number of fused-ring (bicyclic) bond motifs is 5. The quantitative estimate of drug-likeness (QED) is 0.173. The van der Waals surface area contributed by atoms with Crippen molar-refractivity contribution in [3.8, 4) is 5.75 Å². The number of alkyl halides is 6. The Kier molecular flexibility index (Phi) is 10.4. The average molecular weight is 666 g/mol. The second-order valence-electron chi connectivity index (χ2n) is 15.1. The van der Waals surface area contributed by atoms with E-state index < -0.39 is 35.7 Å². The summed E-state index contributed by atoms with van der Waals surface area (Å²) < 4.78 is 79.7. The summed E-state index contributed by atoms with van der Waals surface area (Å²) in [5.74, 6) is -4.31. The lowest BCUT2D eigenvalue weighted by atomic mass is 9.50. The van der Waals surface area contributed by atoms with E-state index in [4.69, 9.17) is 11.6 Å². The number of unbranched alkanes of at least 4 members (excludes halogenated alkanes) is 4. The van der Waals surface area contributed by atoms with Crippen LogP contribution in [0.15, 0.2) is 12.1 Å². The van der Waals surface area contributed by atoms with Crippen LogP contribution in [0.2, 0.25) is 5.02 Å². The Balaban J connectivity index is 1.14. The van der Waals surface area contributed by atoms with Gasteiger partial charge in [0.15, 0.2) is 0 Å². The Morgan fingerprint density at radius 2 is 1.69 bits per heavy atom. The Labute approximate surface area is 269 Å². The maximum atomic E-state index is 16.2. The second kappa shape index (κ2) is 13.4. The van der Waals surface area contributed by atoms with Gasteiger partial charge in [-0.3, -0.25) is 0 Å². The van der Waals surface area contributed by atoms with E-state index >= 15 is 4.39 Å². The zero-order chi connectivity index (χ0) is 32.8. The van der Waals surface area contributed by atoms with Gasteiger partial charge in [0, 0.05) is 23.8 Å². The fourth-order valence-electron chi connectivity index (χ4n) is 9.77. The molecule has 0 spiro atoms. The first-order valence-electron chi connectivity index (χ1n) is 17.1. The van der Waals surface area contributed by atoms with Gasteiger partial charge < -0.3 is 15.1 Å². The van der Waals surface area contributed by atoms with E-state index in [9.17, 15) is 32.2 Å². The first-order chi connectivity index (χ1) is 21.1. The van der Waals surface area contributed by atoms with Gasteiger partial charge in [0.2, 0.25) is 0 Å². The van der Waals surface area contributed by atoms with Gasteiger partial charge in [0.25, 0.3) is 0 Å². The number of hydrogen-bond donors (Lipinski definition) is 2. The van der Waals surface area contributed by atoms with Crippen LogP contribution in [0.3, 0.4) is 0 Å². The van der Waals surface area contributed by atoms with Crippen LogP contribution >= 0.6 is 11.6 Å². The lowest BCUT2D eigenvalue weighted by Gasteiger charge is -2.56. The van der Waals surface area contributed by atoms with E-state index in [1.165, 1.54) is 0 Å². The minimum Gasteiger partial charge on any atom is -0.506 e. The number of benzene rings is 1. The number of hydrogen-bond acceptors (Lipinski definition) is 3. The number of nitrogens with zero attached hydrogens (tertiary/aromatic N) is 1. The molecule has 3 nitrogen and oxygen atoms in total. The molecule has 10 heteroatoms. The third-order valence-electron chi connectivity index (χ3n) is 12.5. The van der Waals surface area contributed by atoms with Gasteiger partial charge in [-0.2, -0.15) is 22.0 Å². The summed E-state index contributed by atoms with van der Waals surface area (Å²) in [6.07, 6.45) is 2.67. The Morgan fingerprint density at radius 1 is 0.978 bits per heavy atom. The van der Waals surface area contributed by atoms with Crippen LogP contribution in [0.1, 0.15) is 121 Å². The molecule has 0 amide bonds. The molecule has 2 saturated carbocycles. The van der Waals surface area contributed by atoms with Crippen molar-refractivity contribution in [1.29, 1.82) is 0 Å². The van der Waals surface area contributed by atoms with E-state index in [0.717, 1.165) is 75.6 Å². The number of aliphatic hydroxyl groups is 1. The largest absolute Gasteiger partial charge is 0.506 e. The van der Waals surface area contributed by atoms with Crippen LogP contribution in [-0.2, 0) is 6.42 Å². The zero-order valence-corrected chi connectivity index (χ0v) is 27.4. The predicted molar refractivity (Wildman–Crippen MR) is 165 cm³/mol. The third-order valence-corrected chi connectivity index (χ3v) is 12.9. The monoisotopic (exact) mass is 665 g/mol. The molecule has 5 rings (SSSR count). The Hall–Kier alpha value is -1.19. The van der Waals surface area contributed by atoms with Gasteiger partial charge >= 0.3 is 12.1 Å². The van der Waals surface area contributed by atoms with Crippen molar-refractivity contribution < 1.29 is 36.6 Å². The molecule has 256 valence electrons. The van der Waals surface area contributed by atoms with Gasteiger partial charge in [-0.05, 0) is 119 Å². The molecule has 1 aromatic rings. The number of phenols is 1. The van der Waals surface area contributed by atoms with Crippen LogP contribution in [-0.4, -0.2) is 58.1 Å². The van der Waals surface area contributed by atoms with Gasteiger partial charge in [0.05, 0.1) is 10.6 Å². The highest BCUT2D eigenvalue weighted by Gasteiger charge is 2.64. The molecule has 3 fully saturated rings. The zero-order valence-electron chi connectivity index (χ0n) is 26.6. The average Bonchev–Trinajstić information content (AvgIpc) is 3.49. The van der Waals surface area contributed by atoms with Crippen molar-refractivity contribution in [1.82, 2.24) is 4.90 Å². The summed E-state index contributed by atoms with van der Waals surface area (Å²) in [5, 5.41) is 22.0. The smallest absolute Gasteiger partial charge is 0.453 e. The van der Waals surface area contributed by atoms with Crippen LogP contribution < -0.4 is 0 Å². The SMILES string of the molecule is CC1(O)CCC2C3C(CCCCCN4CCCC4CCCCCC(F)(F)C(F)(F)F)Cc4c(ccc(O)c4Cl)C3C(F)CC21C. The highest BCUT2D eigenvalue weighted by molar-refractivity contribution is 6.32. The molecule has 45 heavy (non-hydrogen) atoms. The highest BCUT2D eigenvalue weighted by Crippen LogP contribution is 2.66. The van der Waals surface area contributed by atoms with Gasteiger partial charge in [0.1, 0.15) is 11.9 Å². The van der Waals surface area contributed by atoms with E-state index in [1.54, 1.807) is 6.07 Å². The molecule has 0 aromatic heterocycles. The summed E-state index contributed by atoms with van der Waals surface area (Å²) in [7, 11) is 0. The first kappa shape index (κ1) is 35.1. The van der Waals surface area contributed by atoms with Crippen molar-refractivity contribution >= 4 is 11.6 Å². The minimum absolute atomic E-state index is 0.0342. The number of rotatable bonds is 12. The Morgan fingerprint density at radius 3 is 2.42 bits per heavy atom. The van der Waals surface area contributed by atoms with Crippen molar-refractivity contribution in [2.45, 2.75) is 146 Å². The van der Waals surface area contributed by atoms with Crippen molar-refractivity contribution in [2.75, 3.05) is 13.1 Å². The van der Waals surface area contributed by atoms with E-state index in [2.05, 4.69) is 11.8 Å². The number of halogens is 7. The fraction of sp³-hybridized carbons (Fsp3) is 0.829. The molecule has 0 bridgehead atoms. The summed E-state index contributed by atoms with van der Waals surface area (Å²) >= 11 is 6.60. The van der Waals surface area contributed by atoms with Gasteiger partial charge in [-0.25, -0.2) is 4.39 Å². The molecule has 0 radical (unpaired) electrons. The maximum Gasteiger partial charge on any atom is 0.453 e.